The van der Waals surface area contributed by atoms with Gasteiger partial charge in [-0.1, -0.05) is 135 Å². The van der Waals surface area contributed by atoms with Gasteiger partial charge < -0.3 is 0 Å². The van der Waals surface area contributed by atoms with E-state index in [1.807, 2.05) is 0 Å². The lowest BCUT2D eigenvalue weighted by molar-refractivity contribution is 1.50. The molecule has 0 aliphatic heterocycles. The number of benzene rings is 5. The van der Waals surface area contributed by atoms with Gasteiger partial charge in [-0.25, -0.2) is 0 Å². The number of hydrogen-bond donors (Lipinski definition) is 0. The van der Waals surface area contributed by atoms with Gasteiger partial charge in [0.25, 0.3) is 0 Å². The minimum Gasteiger partial charge on any atom is -0.0653 e. The fourth-order valence-electron chi connectivity index (χ4n) is 5.22. The van der Waals surface area contributed by atoms with E-state index >= 15 is 0 Å². The van der Waals surface area contributed by atoms with Crippen molar-refractivity contribution in [2.24, 2.45) is 0 Å². The topological polar surface area (TPSA) is 0 Å². The molecular weight excluding hydrogens is 525 g/mol. The second kappa shape index (κ2) is 13.2. The van der Waals surface area contributed by atoms with Gasteiger partial charge in [0.1, 0.15) is 0 Å². The maximum Gasteiger partial charge on any atom is 0.000389 e. The molecule has 0 unspecified atom stereocenters. The highest BCUT2D eigenvalue weighted by molar-refractivity contribution is 7.92. The first-order valence-electron chi connectivity index (χ1n) is 13.6. The summed E-state index contributed by atoms with van der Waals surface area (Å²) >= 11 is 0. The molecular formula is C36H37P3. The Morgan fingerprint density at radius 1 is 0.359 bits per heavy atom. The van der Waals surface area contributed by atoms with Crippen LogP contribution < -0.4 is 26.5 Å². The van der Waals surface area contributed by atoms with Crippen LogP contribution >= 0.6 is 23.8 Å². The summed E-state index contributed by atoms with van der Waals surface area (Å²) in [5.74, 6) is 2.42. The van der Waals surface area contributed by atoms with E-state index < -0.39 is 23.8 Å². The van der Waals surface area contributed by atoms with Crippen molar-refractivity contribution >= 4 is 50.3 Å². The Morgan fingerprint density at radius 3 is 0.949 bits per heavy atom. The van der Waals surface area contributed by atoms with Gasteiger partial charge in [-0.15, -0.1) is 0 Å². The van der Waals surface area contributed by atoms with E-state index in [2.05, 4.69) is 155 Å². The Hall–Kier alpha value is -2.61. The minimum atomic E-state index is -0.500. The third-order valence-corrected chi connectivity index (χ3v) is 17.7. The predicted octanol–water partition coefficient (Wildman–Crippen LogP) is 8.21. The summed E-state index contributed by atoms with van der Waals surface area (Å²) in [6.07, 6.45) is 0. The maximum absolute atomic E-state index is 2.39. The third kappa shape index (κ3) is 6.59. The van der Waals surface area contributed by atoms with Crippen molar-refractivity contribution in [2.75, 3.05) is 11.8 Å². The molecule has 0 fully saturated rings. The molecule has 3 heteroatoms. The summed E-state index contributed by atoms with van der Waals surface area (Å²) in [5, 5.41) is 7.64. The van der Waals surface area contributed by atoms with Crippen LogP contribution in [0.5, 0.6) is 0 Å². The molecule has 196 valence electrons. The average molecular weight is 563 g/mol. The normalized spacial score (nSPS) is 11.5. The Morgan fingerprint density at radius 2 is 0.641 bits per heavy atom. The van der Waals surface area contributed by atoms with Crippen LogP contribution in [-0.2, 0) is 0 Å². The molecule has 0 aromatic heterocycles. The molecule has 5 aromatic carbocycles. The predicted molar refractivity (Wildman–Crippen MR) is 180 cm³/mol. The molecule has 5 rings (SSSR count). The second-order valence-electron chi connectivity index (χ2n) is 10.2. The summed E-state index contributed by atoms with van der Waals surface area (Å²) < 4.78 is 0. The van der Waals surface area contributed by atoms with E-state index in [0.717, 1.165) is 0 Å². The molecule has 0 nitrogen and oxygen atoms in total. The van der Waals surface area contributed by atoms with E-state index in [4.69, 9.17) is 0 Å². The Bertz CT molecular complexity index is 1340. The highest BCUT2D eigenvalue weighted by Gasteiger charge is 2.27. The number of aryl methyl sites for hydroxylation is 4. The van der Waals surface area contributed by atoms with Gasteiger partial charge in [-0.3, -0.25) is 0 Å². The van der Waals surface area contributed by atoms with Crippen molar-refractivity contribution in [1.82, 2.24) is 0 Å². The molecule has 0 N–H and O–H groups in total. The van der Waals surface area contributed by atoms with Crippen LogP contribution in [0.1, 0.15) is 22.3 Å². The van der Waals surface area contributed by atoms with Crippen LogP contribution in [0.15, 0.2) is 127 Å². The molecule has 39 heavy (non-hydrogen) atoms. The second-order valence-corrected chi connectivity index (χ2v) is 17.7. The van der Waals surface area contributed by atoms with E-state index in [1.165, 1.54) is 60.6 Å². The number of rotatable bonds is 9. The summed E-state index contributed by atoms with van der Waals surface area (Å²) in [5.41, 5.74) is 5.65. The van der Waals surface area contributed by atoms with Gasteiger partial charge >= 0.3 is 0 Å². The van der Waals surface area contributed by atoms with E-state index in [1.54, 1.807) is 0 Å². The Kier molecular flexibility index (Phi) is 9.43. The summed E-state index contributed by atoms with van der Waals surface area (Å²) in [6.45, 7) is 9.17. The lowest BCUT2D eigenvalue weighted by atomic mass is 10.2. The molecule has 0 radical (unpaired) electrons. The lowest BCUT2D eigenvalue weighted by Gasteiger charge is -2.32. The van der Waals surface area contributed by atoms with Crippen molar-refractivity contribution in [3.63, 3.8) is 0 Å². The van der Waals surface area contributed by atoms with Crippen molar-refractivity contribution in [2.45, 2.75) is 27.7 Å². The van der Waals surface area contributed by atoms with Gasteiger partial charge in [-0.2, -0.15) is 0 Å². The van der Waals surface area contributed by atoms with Crippen LogP contribution in [0.25, 0.3) is 0 Å². The van der Waals surface area contributed by atoms with E-state index in [9.17, 15) is 0 Å². The Labute approximate surface area is 238 Å². The molecule has 0 atom stereocenters. The van der Waals surface area contributed by atoms with Crippen LogP contribution in [0.2, 0.25) is 0 Å². The average Bonchev–Trinajstić information content (AvgIpc) is 2.96. The van der Waals surface area contributed by atoms with Crippen LogP contribution in [-0.4, -0.2) is 11.8 Å². The van der Waals surface area contributed by atoms with Gasteiger partial charge in [-0.05, 0) is 92.3 Å². The zero-order valence-corrected chi connectivity index (χ0v) is 26.1. The Balaban J connectivity index is 1.64. The minimum absolute atomic E-state index is 0.421. The van der Waals surface area contributed by atoms with Gasteiger partial charge in [0.05, 0.1) is 0 Å². The maximum atomic E-state index is 2.39. The van der Waals surface area contributed by atoms with Crippen molar-refractivity contribution < 1.29 is 0 Å². The standard InChI is InChI=1S/C36H37P3/c1-28-16-8-12-22-33(28)38(34-23-13-9-17-29(34)2)26-37(32-20-6-5-7-21-32)27-39(35-24-14-10-18-30(35)3)36-25-15-11-19-31(36)4/h5-25H,26-27H2,1-4H3. The molecule has 0 aliphatic rings. The molecule has 5 aromatic rings. The highest BCUT2D eigenvalue weighted by atomic mass is 31.2. The van der Waals surface area contributed by atoms with Gasteiger partial charge in [0, 0.05) is 11.8 Å². The first-order chi connectivity index (χ1) is 19.0. The fourth-order valence-corrected chi connectivity index (χ4v) is 17.0. The van der Waals surface area contributed by atoms with Crippen molar-refractivity contribution in [3.8, 4) is 0 Å². The number of hydrogen-bond acceptors (Lipinski definition) is 0. The highest BCUT2D eigenvalue weighted by Crippen LogP contribution is 2.56. The summed E-state index contributed by atoms with van der Waals surface area (Å²) in [7, 11) is -1.42. The SMILES string of the molecule is Cc1ccccc1P(CP(CP(c1ccccc1C)c1ccccc1C)c1ccccc1)c1ccccc1C. The molecule has 0 saturated heterocycles. The third-order valence-electron chi connectivity index (χ3n) is 7.37. The molecule has 0 amide bonds. The molecule has 0 aliphatic carbocycles. The largest absolute Gasteiger partial charge is 0.0653 e. The first-order valence-corrected chi connectivity index (χ1v) is 18.4. The fraction of sp³-hybridized carbons (Fsp3) is 0.167. The van der Waals surface area contributed by atoms with E-state index in [-0.39, 0.29) is 0 Å². The molecule has 0 saturated carbocycles. The molecule has 0 bridgehead atoms. The monoisotopic (exact) mass is 562 g/mol. The zero-order chi connectivity index (χ0) is 27.2. The van der Waals surface area contributed by atoms with Crippen molar-refractivity contribution in [1.29, 1.82) is 0 Å². The first kappa shape index (κ1) is 27.9. The van der Waals surface area contributed by atoms with Gasteiger partial charge in [0.15, 0.2) is 0 Å². The summed E-state index contributed by atoms with van der Waals surface area (Å²) in [6, 6.07) is 47.8. The molecule has 0 spiro atoms. The summed E-state index contributed by atoms with van der Waals surface area (Å²) in [4.78, 5) is 0. The van der Waals surface area contributed by atoms with Crippen LogP contribution in [0, 0.1) is 27.7 Å². The van der Waals surface area contributed by atoms with Crippen LogP contribution in [0.3, 0.4) is 0 Å². The van der Waals surface area contributed by atoms with E-state index in [0.29, 0.717) is 0 Å². The molecule has 0 heterocycles. The lowest BCUT2D eigenvalue weighted by Crippen LogP contribution is -2.23. The van der Waals surface area contributed by atoms with Crippen LogP contribution in [0.4, 0.5) is 0 Å². The smallest absolute Gasteiger partial charge is 0.000389 e. The van der Waals surface area contributed by atoms with Gasteiger partial charge in [0.2, 0.25) is 0 Å². The quantitative estimate of drug-likeness (QED) is 0.159. The zero-order valence-electron chi connectivity index (χ0n) is 23.4. The van der Waals surface area contributed by atoms with Crippen molar-refractivity contribution in [3.05, 3.63) is 150 Å².